The van der Waals surface area contributed by atoms with Crippen LogP contribution in [0.25, 0.3) is 0 Å². The maximum Gasteiger partial charge on any atom is 0.308 e. The molecule has 67 heavy (non-hydrogen) atoms. The van der Waals surface area contributed by atoms with Gasteiger partial charge in [0.05, 0.1) is 98.5 Å². The van der Waals surface area contributed by atoms with Crippen LogP contribution >= 0.6 is 0 Å². The molecule has 3 rings (SSSR count). The molecule has 3 aliphatic rings. The minimum atomic E-state index is -2.29. The monoisotopic (exact) mass is 947 g/mol. The fraction of sp³-hybridized carbons (Fsp3) is 0.646. The van der Waals surface area contributed by atoms with Crippen LogP contribution in [0.5, 0.6) is 0 Å². The SMILES string of the molecule is C[C@H]1C[C@H](O)[C@@H](C)/C=C/C=C/C=C/C=C/C=C/C=C/C=C/C(O[C@@H]2OC[C@@H](O)[C@H](N)[C@H]2O)C[C@@H]2OC(O)(CC(O)CC(O)C(O)CCC(O)CC(O)CC(=O)O1)C[C@H](O)[C@H]2C(=O)NCCC#N. The molecule has 3 aliphatic heterocycles. The maximum absolute atomic E-state index is 13.5. The van der Waals surface area contributed by atoms with Gasteiger partial charge in [-0.15, -0.1) is 0 Å². The normalized spacial score (nSPS) is 42.1. The Balaban J connectivity index is 1.89. The van der Waals surface area contributed by atoms with Crippen molar-refractivity contribution in [2.24, 2.45) is 17.6 Å². The second-order valence-electron chi connectivity index (χ2n) is 17.6. The van der Waals surface area contributed by atoms with Gasteiger partial charge in [-0.1, -0.05) is 92.0 Å². The molecule has 0 radical (unpaired) electrons. The summed E-state index contributed by atoms with van der Waals surface area (Å²) in [5.74, 6) is -5.31. The first kappa shape index (κ1) is 57.4. The van der Waals surface area contributed by atoms with Gasteiger partial charge in [0.2, 0.25) is 5.91 Å². The van der Waals surface area contributed by atoms with Crippen molar-refractivity contribution in [3.05, 3.63) is 85.1 Å². The minimum Gasteiger partial charge on any atom is -0.462 e. The molecule has 0 aromatic rings. The summed E-state index contributed by atoms with van der Waals surface area (Å²) < 4.78 is 23.1. The minimum absolute atomic E-state index is 0.0342. The number of hydrogen-bond acceptors (Lipinski definition) is 18. The maximum atomic E-state index is 13.5. The Labute approximate surface area is 392 Å². The molecule has 1 amide bonds. The van der Waals surface area contributed by atoms with Crippen molar-refractivity contribution in [3.8, 4) is 6.07 Å². The molecule has 376 valence electrons. The van der Waals surface area contributed by atoms with Gasteiger partial charge in [-0.05, 0) is 26.2 Å². The first-order chi connectivity index (χ1) is 31.8. The first-order valence-corrected chi connectivity index (χ1v) is 22.9. The molecule has 0 aromatic heterocycles. The molecule has 19 nitrogen and oxygen atoms in total. The van der Waals surface area contributed by atoms with E-state index in [1.807, 2.05) is 31.2 Å². The van der Waals surface area contributed by atoms with E-state index < -0.39 is 135 Å². The van der Waals surface area contributed by atoms with E-state index in [-0.39, 0.29) is 57.6 Å². The summed E-state index contributed by atoms with van der Waals surface area (Å²) in [4.78, 5) is 26.0. The predicted molar refractivity (Wildman–Crippen MR) is 243 cm³/mol. The quantitative estimate of drug-likeness (QED) is 0.128. The van der Waals surface area contributed by atoms with E-state index in [4.69, 9.17) is 29.9 Å². The van der Waals surface area contributed by atoms with E-state index in [0.29, 0.717) is 0 Å². The average molecular weight is 948 g/mol. The average Bonchev–Trinajstić information content (AvgIpc) is 3.24. The van der Waals surface area contributed by atoms with Crippen LogP contribution in [0.2, 0.25) is 0 Å². The van der Waals surface area contributed by atoms with Gasteiger partial charge in [0.25, 0.3) is 0 Å². The molecule has 3 heterocycles. The van der Waals surface area contributed by atoms with Crippen LogP contribution in [0.1, 0.15) is 78.1 Å². The number of carbonyl (C=O) groups excluding carboxylic acids is 2. The van der Waals surface area contributed by atoms with Crippen molar-refractivity contribution < 1.29 is 79.6 Å². The summed E-state index contributed by atoms with van der Waals surface area (Å²) in [5.41, 5.74) is 5.98. The third-order valence-electron chi connectivity index (χ3n) is 11.6. The van der Waals surface area contributed by atoms with E-state index >= 15 is 0 Å². The van der Waals surface area contributed by atoms with E-state index in [0.717, 1.165) is 0 Å². The number of fused-ring (bicyclic) bond motifs is 2. The van der Waals surface area contributed by atoms with Crippen LogP contribution < -0.4 is 11.1 Å². The summed E-state index contributed by atoms with van der Waals surface area (Å²) in [6, 6.07) is 0.793. The molecule has 0 saturated carbocycles. The second kappa shape index (κ2) is 29.8. The number of nitrogens with zero attached hydrogens (tertiary/aromatic N) is 1. The van der Waals surface area contributed by atoms with Crippen LogP contribution in [0.15, 0.2) is 85.1 Å². The number of aliphatic hydroxyl groups excluding tert-OH is 9. The van der Waals surface area contributed by atoms with Crippen molar-refractivity contribution in [1.29, 1.82) is 5.26 Å². The number of allylic oxidation sites excluding steroid dienone is 12. The Morgan fingerprint density at radius 2 is 1.37 bits per heavy atom. The van der Waals surface area contributed by atoms with Gasteiger partial charge in [0, 0.05) is 44.6 Å². The number of cyclic esters (lactones) is 1. The van der Waals surface area contributed by atoms with E-state index in [1.54, 1.807) is 73.8 Å². The summed E-state index contributed by atoms with van der Waals surface area (Å²) in [5, 5.41) is 120. The van der Waals surface area contributed by atoms with E-state index in [1.165, 1.54) is 0 Å². The van der Waals surface area contributed by atoms with Gasteiger partial charge < -0.3 is 81.1 Å². The Hall–Kier alpha value is -3.95. The number of carbonyl (C=O) groups is 2. The summed E-state index contributed by atoms with van der Waals surface area (Å²) in [6.45, 7) is 3.14. The van der Waals surface area contributed by atoms with Gasteiger partial charge in [0.15, 0.2) is 12.1 Å². The smallest absolute Gasteiger partial charge is 0.308 e. The third-order valence-corrected chi connectivity index (χ3v) is 11.6. The van der Waals surface area contributed by atoms with Gasteiger partial charge in [-0.2, -0.15) is 5.26 Å². The lowest BCUT2D eigenvalue weighted by Gasteiger charge is -2.45. The van der Waals surface area contributed by atoms with Crippen LogP contribution in [0.4, 0.5) is 0 Å². The molecule has 13 N–H and O–H groups in total. The highest BCUT2D eigenvalue weighted by molar-refractivity contribution is 5.80. The molecule has 7 unspecified atom stereocenters. The van der Waals surface area contributed by atoms with Crippen molar-refractivity contribution in [2.45, 2.75) is 169 Å². The fourth-order valence-corrected chi connectivity index (χ4v) is 7.87. The Bertz CT molecular complexity index is 1750. The van der Waals surface area contributed by atoms with Gasteiger partial charge in [0.1, 0.15) is 12.2 Å². The number of nitriles is 1. The highest BCUT2D eigenvalue weighted by Crippen LogP contribution is 2.38. The van der Waals surface area contributed by atoms with Gasteiger partial charge >= 0.3 is 5.97 Å². The van der Waals surface area contributed by atoms with Crippen LogP contribution in [0.3, 0.4) is 0 Å². The summed E-state index contributed by atoms with van der Waals surface area (Å²) in [7, 11) is 0. The van der Waals surface area contributed by atoms with Gasteiger partial charge in [-0.25, -0.2) is 0 Å². The van der Waals surface area contributed by atoms with Crippen LogP contribution in [0, 0.1) is 23.2 Å². The van der Waals surface area contributed by atoms with Crippen molar-refractivity contribution in [2.75, 3.05) is 13.2 Å². The Kier molecular flexibility index (Phi) is 25.5. The summed E-state index contributed by atoms with van der Waals surface area (Å²) >= 11 is 0. The molecule has 19 heteroatoms. The molecule has 2 saturated heterocycles. The number of amides is 1. The molecule has 0 spiro atoms. The zero-order chi connectivity index (χ0) is 49.5. The highest BCUT2D eigenvalue weighted by Gasteiger charge is 2.50. The lowest BCUT2D eigenvalue weighted by Crippen LogP contribution is -2.59. The molecular weight excluding hydrogens is 875 g/mol. The lowest BCUT2D eigenvalue weighted by molar-refractivity contribution is -0.304. The predicted octanol–water partition coefficient (Wildman–Crippen LogP) is 0.0225. The number of aliphatic hydroxyl groups is 10. The first-order valence-electron chi connectivity index (χ1n) is 22.9. The number of esters is 1. The van der Waals surface area contributed by atoms with Crippen LogP contribution in [-0.4, -0.2) is 167 Å². The molecule has 17 atom stereocenters. The van der Waals surface area contributed by atoms with Crippen molar-refractivity contribution in [1.82, 2.24) is 5.32 Å². The third kappa shape index (κ3) is 21.1. The standard InChI is InChI=1S/C48H73N3O16/c1-30-16-13-11-9-7-5-3-4-6-8-10-12-14-17-35(66-47-45(61)44(50)40(59)29-64-47)26-41-43(46(62)51-21-15-20-49)39(58)28-48(63,67-41)27-34(54)24-38(57)36(55)19-18-32(52)23-33(53)25-42(60)65-31(2)22-37(30)56/h3-14,16-17,30-41,43-45,47,52-59,61,63H,15,18-19,21-29,50H2,1-2H3,(H,51,62)/b4-3+,7-5+,8-6+,11-9+,12-10+,16-13+,17-14+/t30-,31-,32?,33?,34?,35?,36?,37-,38?,39-,40+,41-,43+,44-,45+,47-,48?/m0/s1. The molecule has 2 bridgehead atoms. The summed E-state index contributed by atoms with van der Waals surface area (Å²) in [6.07, 6.45) is 5.24. The van der Waals surface area contributed by atoms with Crippen LogP contribution in [-0.2, 0) is 28.5 Å². The largest absolute Gasteiger partial charge is 0.462 e. The topological polar surface area (TPSA) is 335 Å². The lowest BCUT2D eigenvalue weighted by atomic mass is 9.82. The Morgan fingerprint density at radius 1 is 0.761 bits per heavy atom. The number of nitrogens with two attached hydrogens (primary N) is 1. The fourth-order valence-electron chi connectivity index (χ4n) is 7.87. The molecular formula is C48H73N3O16. The van der Waals surface area contributed by atoms with E-state index in [9.17, 15) is 60.7 Å². The molecule has 0 aromatic carbocycles. The van der Waals surface area contributed by atoms with Crippen molar-refractivity contribution in [3.63, 3.8) is 0 Å². The second-order valence-corrected chi connectivity index (χ2v) is 17.6. The molecule has 2 fully saturated rings. The zero-order valence-corrected chi connectivity index (χ0v) is 38.3. The number of rotatable bonds is 5. The highest BCUT2D eigenvalue weighted by atomic mass is 16.7. The van der Waals surface area contributed by atoms with Gasteiger partial charge in [-0.3, -0.25) is 9.59 Å². The number of nitrogens with one attached hydrogen (secondary N) is 1. The molecule has 0 aliphatic carbocycles. The van der Waals surface area contributed by atoms with Crippen molar-refractivity contribution >= 4 is 11.9 Å². The Morgan fingerprint density at radius 3 is 2.00 bits per heavy atom. The zero-order valence-electron chi connectivity index (χ0n) is 38.3. The van der Waals surface area contributed by atoms with E-state index in [2.05, 4.69) is 5.32 Å². The number of ether oxygens (including phenoxy) is 4. The number of hydrogen-bond donors (Lipinski definition) is 12.